The average molecular weight is 210 g/mol. The topological polar surface area (TPSA) is 89.6 Å². The Balaban J connectivity index is 0.00000144. The predicted octanol–water partition coefficient (Wildman–Crippen LogP) is -0.228. The first kappa shape index (κ1) is 12.2. The van der Waals surface area contributed by atoms with Crippen molar-refractivity contribution in [2.45, 2.75) is 25.5 Å². The highest BCUT2D eigenvalue weighted by Crippen LogP contribution is 2.20. The second kappa shape index (κ2) is 4.43. The van der Waals surface area contributed by atoms with E-state index in [1.54, 1.807) is 0 Å². The van der Waals surface area contributed by atoms with Crippen LogP contribution in [-0.4, -0.2) is 29.2 Å². The molecule has 0 aromatic rings. The van der Waals surface area contributed by atoms with Crippen LogP contribution in [0.2, 0.25) is 0 Å². The van der Waals surface area contributed by atoms with Crippen molar-refractivity contribution in [2.24, 2.45) is 11.7 Å². The quantitative estimate of drug-likeness (QED) is 0.583. The third kappa shape index (κ3) is 2.57. The van der Waals surface area contributed by atoms with Crippen molar-refractivity contribution >= 4 is 24.3 Å². The van der Waals surface area contributed by atoms with Crippen molar-refractivity contribution in [3.8, 4) is 0 Å². The van der Waals surface area contributed by atoms with Crippen molar-refractivity contribution in [3.05, 3.63) is 0 Å². The normalized spacial score (nSPS) is 33.1. The lowest BCUT2D eigenvalue weighted by molar-refractivity contribution is -0.166. The number of carboxylic acids is 1. The first-order valence-corrected chi connectivity index (χ1v) is 3.70. The highest BCUT2D eigenvalue weighted by Gasteiger charge is 2.38. The molecule has 0 radical (unpaired) electrons. The Morgan fingerprint density at radius 3 is 2.62 bits per heavy atom. The van der Waals surface area contributed by atoms with E-state index in [1.165, 1.54) is 6.92 Å². The maximum atomic E-state index is 10.8. The number of rotatable bonds is 1. The molecule has 0 aromatic carbocycles. The van der Waals surface area contributed by atoms with Gasteiger partial charge in [-0.1, -0.05) is 0 Å². The lowest BCUT2D eigenvalue weighted by Crippen LogP contribution is -2.49. The fourth-order valence-electron chi connectivity index (χ4n) is 1.38. The van der Waals surface area contributed by atoms with Gasteiger partial charge in [-0.15, -0.1) is 12.4 Å². The van der Waals surface area contributed by atoms with E-state index in [0.717, 1.165) is 0 Å². The first-order chi connectivity index (χ1) is 5.52. The molecule has 0 aromatic heterocycles. The molecule has 1 saturated heterocycles. The summed E-state index contributed by atoms with van der Waals surface area (Å²) in [5.74, 6) is -2.21. The Hall–Kier alpha value is -0.810. The predicted molar refractivity (Wildman–Crippen MR) is 46.5 cm³/mol. The molecule has 0 unspecified atom stereocenters. The summed E-state index contributed by atoms with van der Waals surface area (Å²) in [6.07, 6.45) is -0.639. The van der Waals surface area contributed by atoms with Gasteiger partial charge in [-0.3, -0.25) is 9.59 Å². The fraction of sp³-hybridized carbons (Fsp3) is 0.714. The highest BCUT2D eigenvalue weighted by molar-refractivity contribution is 5.85. The number of cyclic esters (lactones) is 1. The molecule has 3 N–H and O–H groups in total. The van der Waals surface area contributed by atoms with Gasteiger partial charge in [0.1, 0.15) is 12.0 Å². The van der Waals surface area contributed by atoms with Crippen LogP contribution >= 0.6 is 12.4 Å². The number of hydrogen-bond acceptors (Lipinski definition) is 4. The molecule has 76 valence electrons. The Bertz CT molecular complexity index is 207. The van der Waals surface area contributed by atoms with E-state index in [0.29, 0.717) is 0 Å². The zero-order valence-corrected chi connectivity index (χ0v) is 7.91. The summed E-state index contributed by atoms with van der Waals surface area (Å²) < 4.78 is 4.73. The molecule has 0 spiro atoms. The maximum Gasteiger partial charge on any atom is 0.311 e. The minimum Gasteiger partial charge on any atom is -0.481 e. The van der Waals surface area contributed by atoms with E-state index >= 15 is 0 Å². The molecule has 6 heteroatoms. The lowest BCUT2D eigenvalue weighted by atomic mass is 9.90. The van der Waals surface area contributed by atoms with Crippen molar-refractivity contribution in [1.29, 1.82) is 0 Å². The summed E-state index contributed by atoms with van der Waals surface area (Å²) in [6, 6.07) is -0.626. The number of hydrogen-bond donors (Lipinski definition) is 2. The lowest BCUT2D eigenvalue weighted by Gasteiger charge is -2.30. The Morgan fingerprint density at radius 1 is 1.69 bits per heavy atom. The summed E-state index contributed by atoms with van der Waals surface area (Å²) in [4.78, 5) is 21.4. The van der Waals surface area contributed by atoms with Gasteiger partial charge in [-0.25, -0.2) is 0 Å². The molecule has 1 aliphatic rings. The molecule has 1 rings (SSSR count). The number of carboxylic acid groups (broad SMARTS) is 1. The van der Waals surface area contributed by atoms with E-state index in [2.05, 4.69) is 0 Å². The van der Waals surface area contributed by atoms with E-state index in [9.17, 15) is 9.59 Å². The molecular weight excluding hydrogens is 198 g/mol. The van der Waals surface area contributed by atoms with Gasteiger partial charge >= 0.3 is 11.9 Å². The number of halogens is 1. The molecule has 0 bridgehead atoms. The molecule has 3 atom stereocenters. The minimum atomic E-state index is -1.01. The van der Waals surface area contributed by atoms with Crippen LogP contribution in [0.15, 0.2) is 0 Å². The molecule has 1 fully saturated rings. The number of aliphatic carboxylic acids is 1. The Morgan fingerprint density at radius 2 is 2.23 bits per heavy atom. The molecular formula is C7H12ClNO4. The molecule has 0 saturated carbocycles. The highest BCUT2D eigenvalue weighted by atomic mass is 35.5. The number of carbonyl (C=O) groups excluding carboxylic acids is 1. The SMILES string of the molecule is C[C@@H]1OC(=O)C[C@@H](N)[C@@H]1C(=O)O.Cl. The van der Waals surface area contributed by atoms with E-state index in [1.807, 2.05) is 0 Å². The van der Waals surface area contributed by atoms with Gasteiger partial charge in [-0.2, -0.15) is 0 Å². The average Bonchev–Trinajstić information content (AvgIpc) is 1.82. The first-order valence-electron chi connectivity index (χ1n) is 3.70. The molecule has 13 heavy (non-hydrogen) atoms. The van der Waals surface area contributed by atoms with Crippen molar-refractivity contribution < 1.29 is 19.4 Å². The summed E-state index contributed by atoms with van der Waals surface area (Å²) >= 11 is 0. The summed E-state index contributed by atoms with van der Waals surface area (Å²) in [5.41, 5.74) is 5.48. The van der Waals surface area contributed by atoms with Crippen LogP contribution in [0.25, 0.3) is 0 Å². The van der Waals surface area contributed by atoms with Crippen molar-refractivity contribution in [3.63, 3.8) is 0 Å². The second-order valence-electron chi connectivity index (χ2n) is 2.93. The zero-order chi connectivity index (χ0) is 9.30. The number of nitrogens with two attached hydrogens (primary N) is 1. The second-order valence-corrected chi connectivity index (χ2v) is 2.93. The Labute approximate surface area is 81.6 Å². The van der Waals surface area contributed by atoms with E-state index in [4.69, 9.17) is 15.6 Å². The van der Waals surface area contributed by atoms with Crippen LogP contribution < -0.4 is 5.73 Å². The summed E-state index contributed by atoms with van der Waals surface area (Å²) in [7, 11) is 0. The molecule has 1 heterocycles. The third-order valence-electron chi connectivity index (χ3n) is 1.97. The largest absolute Gasteiger partial charge is 0.481 e. The molecule has 5 nitrogen and oxygen atoms in total. The van der Waals surface area contributed by atoms with Gasteiger partial charge in [0, 0.05) is 6.04 Å². The molecule has 1 aliphatic heterocycles. The third-order valence-corrected chi connectivity index (χ3v) is 1.97. The molecule has 0 amide bonds. The van der Waals surface area contributed by atoms with Crippen LogP contribution in [-0.2, 0) is 14.3 Å². The maximum absolute atomic E-state index is 10.8. The van der Waals surface area contributed by atoms with Gasteiger partial charge in [0.2, 0.25) is 0 Å². The van der Waals surface area contributed by atoms with Crippen molar-refractivity contribution in [1.82, 2.24) is 0 Å². The number of esters is 1. The summed E-state index contributed by atoms with van der Waals surface area (Å²) in [6.45, 7) is 1.54. The van der Waals surface area contributed by atoms with Crippen LogP contribution in [0.5, 0.6) is 0 Å². The van der Waals surface area contributed by atoms with Crippen molar-refractivity contribution in [2.75, 3.05) is 0 Å². The zero-order valence-electron chi connectivity index (χ0n) is 7.10. The Kier molecular flexibility index (Phi) is 4.16. The molecule has 0 aliphatic carbocycles. The van der Waals surface area contributed by atoms with Gasteiger partial charge < -0.3 is 15.6 Å². The standard InChI is InChI=1S/C7H11NO4.ClH/c1-3-6(7(10)11)4(8)2-5(9)12-3;/h3-4,6H,2,8H2,1H3,(H,10,11);1H/t3-,4+,6+;/m0./s1. The smallest absolute Gasteiger partial charge is 0.311 e. The van der Waals surface area contributed by atoms with Crippen LogP contribution in [0, 0.1) is 5.92 Å². The van der Waals surface area contributed by atoms with E-state index in [-0.39, 0.29) is 18.8 Å². The number of ether oxygens (including phenoxy) is 1. The minimum absolute atomic E-state index is 0. The fourth-order valence-corrected chi connectivity index (χ4v) is 1.38. The van der Waals surface area contributed by atoms with Crippen LogP contribution in [0.4, 0.5) is 0 Å². The summed E-state index contributed by atoms with van der Waals surface area (Å²) in [5, 5.41) is 8.69. The van der Waals surface area contributed by atoms with Gasteiger partial charge in [0.15, 0.2) is 0 Å². The van der Waals surface area contributed by atoms with Crippen LogP contribution in [0.3, 0.4) is 0 Å². The van der Waals surface area contributed by atoms with Crippen LogP contribution in [0.1, 0.15) is 13.3 Å². The monoisotopic (exact) mass is 209 g/mol. The van der Waals surface area contributed by atoms with Gasteiger partial charge in [-0.05, 0) is 6.92 Å². The van der Waals surface area contributed by atoms with Gasteiger partial charge in [0.05, 0.1) is 6.42 Å². The number of carbonyl (C=O) groups is 2. The van der Waals surface area contributed by atoms with E-state index < -0.39 is 30.0 Å². The van der Waals surface area contributed by atoms with Gasteiger partial charge in [0.25, 0.3) is 0 Å².